The number of carbonyl (C=O) groups is 1. The van der Waals surface area contributed by atoms with Gasteiger partial charge in [0.05, 0.1) is 18.1 Å². The van der Waals surface area contributed by atoms with Crippen LogP contribution in [0.1, 0.15) is 27.1 Å². The van der Waals surface area contributed by atoms with Crippen LogP contribution in [0.2, 0.25) is 0 Å². The lowest BCUT2D eigenvalue weighted by Crippen LogP contribution is -2.34. The summed E-state index contributed by atoms with van der Waals surface area (Å²) in [5, 5.41) is 0. The van der Waals surface area contributed by atoms with Gasteiger partial charge in [-0.2, -0.15) is 0 Å². The molecule has 0 aliphatic carbocycles. The van der Waals surface area contributed by atoms with Crippen molar-refractivity contribution in [1.29, 1.82) is 0 Å². The van der Waals surface area contributed by atoms with Gasteiger partial charge in [-0.25, -0.2) is 0 Å². The molecular formula is C17H17NO3S. The van der Waals surface area contributed by atoms with Crippen LogP contribution >= 0.6 is 11.3 Å². The molecule has 0 atom stereocenters. The number of nitrogens with zero attached hydrogens (tertiary/aromatic N) is 1. The van der Waals surface area contributed by atoms with Gasteiger partial charge in [-0.15, -0.1) is 11.3 Å². The summed E-state index contributed by atoms with van der Waals surface area (Å²) < 4.78 is 11.1. The Morgan fingerprint density at radius 3 is 2.82 bits per heavy atom. The molecule has 0 spiro atoms. The van der Waals surface area contributed by atoms with E-state index in [-0.39, 0.29) is 12.2 Å². The Morgan fingerprint density at radius 1 is 1.18 bits per heavy atom. The van der Waals surface area contributed by atoms with Gasteiger partial charge < -0.3 is 14.4 Å². The monoisotopic (exact) mass is 315 g/mol. The van der Waals surface area contributed by atoms with Gasteiger partial charge in [0, 0.05) is 24.0 Å². The third kappa shape index (κ3) is 2.35. The van der Waals surface area contributed by atoms with Gasteiger partial charge in [-0.1, -0.05) is 6.07 Å². The summed E-state index contributed by atoms with van der Waals surface area (Å²) in [6.45, 7) is 2.10. The molecule has 0 unspecified atom stereocenters. The van der Waals surface area contributed by atoms with Crippen molar-refractivity contribution >= 4 is 17.2 Å². The summed E-state index contributed by atoms with van der Waals surface area (Å²) in [6.07, 6.45) is 0.699. The second-order valence-electron chi connectivity index (χ2n) is 5.62. The first-order valence-electron chi connectivity index (χ1n) is 7.44. The van der Waals surface area contributed by atoms with Crippen LogP contribution < -0.4 is 0 Å². The lowest BCUT2D eigenvalue weighted by atomic mass is 9.96. The first-order valence-corrected chi connectivity index (χ1v) is 8.26. The molecule has 0 radical (unpaired) electrons. The number of hydrogen-bond acceptors (Lipinski definition) is 4. The molecule has 1 aromatic heterocycles. The SMILES string of the molecule is CN1CCc2cc(-c3ccc(C4OCCO4)s3)ccc2C1=O. The highest BCUT2D eigenvalue weighted by molar-refractivity contribution is 7.15. The zero-order valence-corrected chi connectivity index (χ0v) is 13.2. The smallest absolute Gasteiger partial charge is 0.253 e. The second kappa shape index (κ2) is 5.50. The van der Waals surface area contributed by atoms with Crippen LogP contribution in [0.3, 0.4) is 0 Å². The molecular weight excluding hydrogens is 298 g/mol. The summed E-state index contributed by atoms with van der Waals surface area (Å²) in [6, 6.07) is 10.3. The van der Waals surface area contributed by atoms with Crippen molar-refractivity contribution in [1.82, 2.24) is 4.90 Å². The van der Waals surface area contributed by atoms with Crippen molar-refractivity contribution in [2.24, 2.45) is 0 Å². The number of rotatable bonds is 2. The van der Waals surface area contributed by atoms with Gasteiger partial charge in [0.1, 0.15) is 0 Å². The quantitative estimate of drug-likeness (QED) is 0.855. The fraction of sp³-hybridized carbons (Fsp3) is 0.353. The predicted octanol–water partition coefficient (Wildman–Crippen LogP) is 3.09. The number of fused-ring (bicyclic) bond motifs is 1. The maximum absolute atomic E-state index is 12.1. The summed E-state index contributed by atoms with van der Waals surface area (Å²) in [5.74, 6) is 0.118. The zero-order chi connectivity index (χ0) is 15.1. The molecule has 3 heterocycles. The maximum Gasteiger partial charge on any atom is 0.253 e. The third-order valence-electron chi connectivity index (χ3n) is 4.16. The minimum Gasteiger partial charge on any atom is -0.345 e. The predicted molar refractivity (Wildman–Crippen MR) is 85.1 cm³/mol. The van der Waals surface area contributed by atoms with E-state index >= 15 is 0 Å². The van der Waals surface area contributed by atoms with E-state index in [1.807, 2.05) is 19.2 Å². The number of hydrogen-bond donors (Lipinski definition) is 0. The number of ether oxygens (including phenoxy) is 2. The number of thiophene rings is 1. The van der Waals surface area contributed by atoms with E-state index < -0.39 is 0 Å². The summed E-state index contributed by atoms with van der Waals surface area (Å²) in [7, 11) is 1.85. The summed E-state index contributed by atoms with van der Waals surface area (Å²) in [4.78, 5) is 16.2. The Balaban J connectivity index is 1.65. The van der Waals surface area contributed by atoms with Crippen LogP contribution in [-0.2, 0) is 15.9 Å². The molecule has 1 amide bonds. The van der Waals surface area contributed by atoms with E-state index in [0.29, 0.717) is 13.2 Å². The molecule has 1 saturated heterocycles. The van der Waals surface area contributed by atoms with Gasteiger partial charge >= 0.3 is 0 Å². The van der Waals surface area contributed by atoms with Crippen LogP contribution in [-0.4, -0.2) is 37.6 Å². The Hall–Kier alpha value is -1.69. The van der Waals surface area contributed by atoms with Crippen LogP contribution in [0.15, 0.2) is 30.3 Å². The first-order chi connectivity index (χ1) is 10.7. The number of benzene rings is 1. The molecule has 1 fully saturated rings. The molecule has 2 aromatic rings. The van der Waals surface area contributed by atoms with Gasteiger partial charge in [-0.05, 0) is 41.8 Å². The Morgan fingerprint density at radius 2 is 2.00 bits per heavy atom. The number of carbonyl (C=O) groups excluding carboxylic acids is 1. The van der Waals surface area contributed by atoms with Crippen molar-refractivity contribution in [2.45, 2.75) is 12.7 Å². The Kier molecular flexibility index (Phi) is 3.48. The topological polar surface area (TPSA) is 38.8 Å². The fourth-order valence-corrected chi connectivity index (χ4v) is 3.92. The highest BCUT2D eigenvalue weighted by Crippen LogP contribution is 2.36. The Labute approximate surface area is 133 Å². The molecule has 2 aliphatic heterocycles. The van der Waals surface area contributed by atoms with Crippen molar-refractivity contribution in [3.63, 3.8) is 0 Å². The molecule has 0 bridgehead atoms. The van der Waals surface area contributed by atoms with Gasteiger partial charge in [0.2, 0.25) is 0 Å². The van der Waals surface area contributed by atoms with E-state index in [1.54, 1.807) is 16.2 Å². The van der Waals surface area contributed by atoms with Gasteiger partial charge in [0.25, 0.3) is 5.91 Å². The molecule has 0 N–H and O–H groups in total. The highest BCUT2D eigenvalue weighted by Gasteiger charge is 2.23. The van der Waals surface area contributed by atoms with Crippen LogP contribution in [0.25, 0.3) is 10.4 Å². The second-order valence-corrected chi connectivity index (χ2v) is 6.74. The lowest BCUT2D eigenvalue weighted by molar-refractivity contribution is -0.0413. The molecule has 4 rings (SSSR count). The van der Waals surface area contributed by atoms with E-state index in [2.05, 4.69) is 18.2 Å². The summed E-state index contributed by atoms with van der Waals surface area (Å²) in [5.41, 5.74) is 3.13. The van der Waals surface area contributed by atoms with E-state index in [9.17, 15) is 4.79 Å². The van der Waals surface area contributed by atoms with Crippen molar-refractivity contribution in [3.05, 3.63) is 46.3 Å². The highest BCUT2D eigenvalue weighted by atomic mass is 32.1. The average molecular weight is 315 g/mol. The summed E-state index contributed by atoms with van der Waals surface area (Å²) >= 11 is 1.69. The van der Waals surface area contributed by atoms with E-state index in [1.165, 1.54) is 4.88 Å². The molecule has 22 heavy (non-hydrogen) atoms. The van der Waals surface area contributed by atoms with Crippen LogP contribution in [0.4, 0.5) is 0 Å². The normalized spacial score (nSPS) is 18.8. The zero-order valence-electron chi connectivity index (χ0n) is 12.4. The molecule has 5 heteroatoms. The van der Waals surface area contributed by atoms with Gasteiger partial charge in [-0.3, -0.25) is 4.79 Å². The maximum atomic E-state index is 12.1. The number of amides is 1. The van der Waals surface area contributed by atoms with Crippen LogP contribution in [0.5, 0.6) is 0 Å². The van der Waals surface area contributed by atoms with Crippen molar-refractivity contribution in [3.8, 4) is 10.4 Å². The standard InChI is InChI=1S/C17H17NO3S/c1-18-7-6-11-10-12(2-3-13(11)16(18)19)14-4-5-15(22-14)17-20-8-9-21-17/h2-5,10,17H,6-9H2,1H3. The molecule has 1 aromatic carbocycles. The average Bonchev–Trinajstić information content (AvgIpc) is 3.21. The minimum absolute atomic E-state index is 0.118. The largest absolute Gasteiger partial charge is 0.345 e. The lowest BCUT2D eigenvalue weighted by Gasteiger charge is -2.25. The molecule has 0 saturated carbocycles. The third-order valence-corrected chi connectivity index (χ3v) is 5.32. The fourth-order valence-electron chi connectivity index (χ4n) is 2.92. The molecule has 2 aliphatic rings. The minimum atomic E-state index is -0.216. The van der Waals surface area contributed by atoms with Crippen molar-refractivity contribution < 1.29 is 14.3 Å². The van der Waals surface area contributed by atoms with Crippen LogP contribution in [0, 0.1) is 0 Å². The molecule has 4 nitrogen and oxygen atoms in total. The van der Waals surface area contributed by atoms with E-state index in [0.717, 1.165) is 34.5 Å². The van der Waals surface area contributed by atoms with E-state index in [4.69, 9.17) is 9.47 Å². The van der Waals surface area contributed by atoms with Crippen molar-refractivity contribution in [2.75, 3.05) is 26.8 Å². The molecule has 114 valence electrons. The van der Waals surface area contributed by atoms with Gasteiger partial charge in [0.15, 0.2) is 6.29 Å². The first kappa shape index (κ1) is 13.9. The number of likely N-dealkylation sites (N-methyl/N-ethyl adjacent to an activating group) is 1. The Bertz CT molecular complexity index is 718.